The first-order valence-corrected chi connectivity index (χ1v) is 10.9. The van der Waals surface area contributed by atoms with E-state index in [1.807, 2.05) is 0 Å². The van der Waals surface area contributed by atoms with Gasteiger partial charge in [-0.3, -0.25) is 19.3 Å². The number of amides is 2. The molecule has 1 fully saturated rings. The van der Waals surface area contributed by atoms with Gasteiger partial charge in [-0.1, -0.05) is 17.2 Å². The molecule has 0 radical (unpaired) electrons. The Morgan fingerprint density at radius 1 is 1.39 bits per heavy atom. The number of rotatable bonds is 10. The van der Waals surface area contributed by atoms with Crippen molar-refractivity contribution in [2.24, 2.45) is 5.11 Å². The lowest BCUT2D eigenvalue weighted by Crippen LogP contribution is -2.70. The quantitative estimate of drug-likeness (QED) is 0.127. The summed E-state index contributed by atoms with van der Waals surface area (Å²) in [4.78, 5) is 51.7. The van der Waals surface area contributed by atoms with E-state index in [9.17, 15) is 24.3 Å². The normalized spacial score (nSPS) is 19.1. The van der Waals surface area contributed by atoms with Gasteiger partial charge in [0.1, 0.15) is 29.5 Å². The molecule has 0 aliphatic carbocycles. The fourth-order valence-electron chi connectivity index (χ4n) is 3.39. The van der Waals surface area contributed by atoms with Gasteiger partial charge in [0, 0.05) is 23.2 Å². The Morgan fingerprint density at radius 3 is 2.88 bits per heavy atom. The molecule has 2 heterocycles. The predicted molar refractivity (Wildman–Crippen MR) is 116 cm³/mol. The summed E-state index contributed by atoms with van der Waals surface area (Å²) in [5, 5.41) is 15.1. The maximum absolute atomic E-state index is 12.6. The first-order valence-electron chi connectivity index (χ1n) is 9.87. The van der Waals surface area contributed by atoms with Gasteiger partial charge in [-0.15, -0.1) is 11.8 Å². The van der Waals surface area contributed by atoms with Gasteiger partial charge in [-0.05, 0) is 23.2 Å². The largest absolute Gasteiger partial charge is 0.493 e. The van der Waals surface area contributed by atoms with E-state index in [-0.39, 0.29) is 37.6 Å². The van der Waals surface area contributed by atoms with Crippen LogP contribution in [0.5, 0.6) is 5.75 Å². The highest BCUT2D eigenvalue weighted by Crippen LogP contribution is 2.40. The van der Waals surface area contributed by atoms with E-state index < -0.39 is 35.2 Å². The number of ether oxygens (including phenoxy) is 2. The second-order valence-corrected chi connectivity index (χ2v) is 8.22. The fraction of sp³-hybridized carbons (Fsp3) is 0.400. The van der Waals surface area contributed by atoms with Gasteiger partial charge in [0.15, 0.2) is 0 Å². The molecule has 1 saturated heterocycles. The molecule has 0 unspecified atom stereocenters. The molecule has 33 heavy (non-hydrogen) atoms. The predicted octanol–water partition coefficient (Wildman–Crippen LogP) is 1.22. The fourth-order valence-corrected chi connectivity index (χ4v) is 4.71. The molecule has 2 atom stereocenters. The summed E-state index contributed by atoms with van der Waals surface area (Å²) in [5.41, 5.74) is 9.05. The molecule has 174 valence electrons. The minimum Gasteiger partial charge on any atom is -0.493 e. The van der Waals surface area contributed by atoms with E-state index >= 15 is 0 Å². The van der Waals surface area contributed by atoms with Crippen molar-refractivity contribution in [1.82, 2.24) is 10.2 Å². The zero-order valence-electron chi connectivity index (χ0n) is 17.6. The number of carbonyl (C=O) groups is 4. The molecule has 13 heteroatoms. The first-order chi connectivity index (χ1) is 15.8. The van der Waals surface area contributed by atoms with Gasteiger partial charge in [0.2, 0.25) is 5.91 Å². The number of nitrogens with zero attached hydrogens (tertiary/aromatic N) is 4. The maximum atomic E-state index is 12.6. The molecule has 0 saturated carbocycles. The SMILES string of the molecule is CC(=O)OCC1=C(C(=O)O)N2C(=O)[C@@H](NC(=O)Cc3cccc(OCCN=[N+]=[N-])c3)[C@H]2SC1. The highest BCUT2D eigenvalue weighted by Gasteiger charge is 2.54. The van der Waals surface area contributed by atoms with Crippen molar-refractivity contribution in [3.05, 3.63) is 51.5 Å². The van der Waals surface area contributed by atoms with Crippen molar-refractivity contribution in [1.29, 1.82) is 0 Å². The van der Waals surface area contributed by atoms with Crippen molar-refractivity contribution in [3.63, 3.8) is 0 Å². The number of benzene rings is 1. The third kappa shape index (κ3) is 5.76. The average molecular weight is 475 g/mol. The summed E-state index contributed by atoms with van der Waals surface area (Å²) in [6.45, 7) is 1.38. The molecule has 0 bridgehead atoms. The van der Waals surface area contributed by atoms with E-state index in [1.54, 1.807) is 24.3 Å². The molecule has 2 aliphatic rings. The Bertz CT molecular complexity index is 1050. The van der Waals surface area contributed by atoms with E-state index in [0.717, 1.165) is 4.90 Å². The van der Waals surface area contributed by atoms with Gasteiger partial charge >= 0.3 is 11.9 Å². The summed E-state index contributed by atoms with van der Waals surface area (Å²) < 4.78 is 10.4. The third-order valence-electron chi connectivity index (χ3n) is 4.80. The number of carboxylic acid groups (broad SMARTS) is 1. The summed E-state index contributed by atoms with van der Waals surface area (Å²) in [6, 6.07) is 5.98. The standard InChI is InChI=1S/C20H21N5O7S/c1-11(26)32-9-13-10-33-19-16(18(28)25(19)17(13)20(29)30)23-15(27)8-12-3-2-4-14(7-12)31-6-5-22-24-21/h2-4,7,16,19H,5-6,8-10H2,1H3,(H,23,27)(H,29,30)/t16-,19-/m1/s1. The highest BCUT2D eigenvalue weighted by molar-refractivity contribution is 8.00. The topological polar surface area (TPSA) is 171 Å². The third-order valence-corrected chi connectivity index (χ3v) is 6.14. The van der Waals surface area contributed by atoms with Crippen LogP contribution in [0.1, 0.15) is 12.5 Å². The van der Waals surface area contributed by atoms with Crippen molar-refractivity contribution >= 4 is 35.5 Å². The molecular formula is C20H21N5O7S. The number of fused-ring (bicyclic) bond motifs is 1. The number of esters is 1. The molecule has 12 nitrogen and oxygen atoms in total. The summed E-state index contributed by atoms with van der Waals surface area (Å²) in [5.74, 6) is -2.01. The lowest BCUT2D eigenvalue weighted by molar-refractivity contribution is -0.151. The molecule has 0 spiro atoms. The molecule has 1 aromatic rings. The Hall–Kier alpha value is -3.70. The van der Waals surface area contributed by atoms with E-state index in [4.69, 9.17) is 15.0 Å². The minimum absolute atomic E-state index is 0.00591. The Labute approximate surface area is 192 Å². The molecular weight excluding hydrogens is 454 g/mol. The van der Waals surface area contributed by atoms with Crippen LogP contribution in [0.25, 0.3) is 10.4 Å². The van der Waals surface area contributed by atoms with E-state index in [2.05, 4.69) is 15.3 Å². The number of thioether (sulfide) groups is 1. The van der Waals surface area contributed by atoms with Crippen molar-refractivity contribution in [3.8, 4) is 5.75 Å². The van der Waals surface area contributed by atoms with Crippen LogP contribution in [-0.4, -0.2) is 70.7 Å². The van der Waals surface area contributed by atoms with E-state index in [1.165, 1.54) is 18.7 Å². The average Bonchev–Trinajstić information content (AvgIpc) is 2.78. The van der Waals surface area contributed by atoms with Crippen LogP contribution < -0.4 is 10.1 Å². The summed E-state index contributed by atoms with van der Waals surface area (Å²) in [7, 11) is 0. The smallest absolute Gasteiger partial charge is 0.352 e. The molecule has 3 rings (SSSR count). The number of hydrogen-bond acceptors (Lipinski definition) is 8. The van der Waals surface area contributed by atoms with Gasteiger partial charge in [-0.2, -0.15) is 0 Å². The van der Waals surface area contributed by atoms with Gasteiger partial charge in [0.25, 0.3) is 5.91 Å². The van der Waals surface area contributed by atoms with Crippen LogP contribution >= 0.6 is 11.8 Å². The number of carbonyl (C=O) groups excluding carboxylic acids is 3. The second-order valence-electron chi connectivity index (χ2n) is 7.12. The van der Waals surface area contributed by atoms with Crippen LogP contribution in [-0.2, 0) is 30.3 Å². The molecule has 2 N–H and O–H groups in total. The monoisotopic (exact) mass is 475 g/mol. The minimum atomic E-state index is -1.29. The lowest BCUT2D eigenvalue weighted by atomic mass is 10.0. The zero-order chi connectivity index (χ0) is 24.0. The number of β-lactam (4-membered cyclic amide) rings is 1. The maximum Gasteiger partial charge on any atom is 0.352 e. The number of hydrogen-bond donors (Lipinski definition) is 2. The number of carboxylic acids is 1. The summed E-state index contributed by atoms with van der Waals surface area (Å²) in [6.07, 6.45) is -0.00591. The van der Waals surface area contributed by atoms with Crippen LogP contribution in [0.4, 0.5) is 0 Å². The van der Waals surface area contributed by atoms with Gasteiger partial charge in [0.05, 0.1) is 19.6 Å². The zero-order valence-corrected chi connectivity index (χ0v) is 18.4. The molecule has 2 aliphatic heterocycles. The summed E-state index contributed by atoms with van der Waals surface area (Å²) >= 11 is 1.29. The van der Waals surface area contributed by atoms with Crippen LogP contribution in [0, 0.1) is 0 Å². The second kappa shape index (κ2) is 10.7. The highest BCUT2D eigenvalue weighted by atomic mass is 32.2. The Kier molecular flexibility index (Phi) is 7.80. The molecule has 1 aromatic carbocycles. The number of nitrogens with one attached hydrogen (secondary N) is 1. The number of aliphatic carboxylic acids is 1. The van der Waals surface area contributed by atoms with Crippen LogP contribution in [0.2, 0.25) is 0 Å². The van der Waals surface area contributed by atoms with Crippen LogP contribution in [0.15, 0.2) is 40.6 Å². The number of azide groups is 1. The van der Waals surface area contributed by atoms with Crippen molar-refractivity contribution in [2.75, 3.05) is 25.5 Å². The Balaban J connectivity index is 1.60. The van der Waals surface area contributed by atoms with Gasteiger partial charge < -0.3 is 19.9 Å². The van der Waals surface area contributed by atoms with Crippen molar-refractivity contribution in [2.45, 2.75) is 24.8 Å². The lowest BCUT2D eigenvalue weighted by Gasteiger charge is -2.49. The first kappa shape index (κ1) is 24.0. The molecule has 0 aromatic heterocycles. The van der Waals surface area contributed by atoms with Crippen molar-refractivity contribution < 1.29 is 33.8 Å². The van der Waals surface area contributed by atoms with Crippen LogP contribution in [0.3, 0.4) is 0 Å². The van der Waals surface area contributed by atoms with E-state index in [0.29, 0.717) is 16.9 Å². The Morgan fingerprint density at radius 2 is 2.18 bits per heavy atom. The van der Waals surface area contributed by atoms with Gasteiger partial charge in [-0.25, -0.2) is 4.79 Å². The molecule has 2 amide bonds.